The Labute approximate surface area is 350 Å². The second-order valence-corrected chi connectivity index (χ2v) is 26.3. The first-order valence-corrected chi connectivity index (χ1v) is 26.3. The summed E-state index contributed by atoms with van der Waals surface area (Å²) in [7, 11) is 0. The van der Waals surface area contributed by atoms with Crippen LogP contribution in [0.15, 0.2) is 146 Å². The van der Waals surface area contributed by atoms with E-state index in [0.29, 0.717) is 0 Å². The van der Waals surface area contributed by atoms with Gasteiger partial charge in [0.1, 0.15) is 0 Å². The van der Waals surface area contributed by atoms with E-state index < -0.39 is 26.0 Å². The third-order valence-corrected chi connectivity index (χ3v) is 15.1. The average molecular weight is 975 g/mol. The number of rotatable bonds is 6. The third-order valence-electron chi connectivity index (χ3n) is 9.69. The average Bonchev–Trinajstić information content (AvgIpc) is 3.79. The van der Waals surface area contributed by atoms with Crippen LogP contribution in [0.5, 0.6) is 0 Å². The molecule has 9 aromatic rings. The summed E-state index contributed by atoms with van der Waals surface area (Å²) in [6.45, 7) is 1.66. The fourth-order valence-corrected chi connectivity index (χ4v) is 11.5. The van der Waals surface area contributed by atoms with Crippen molar-refractivity contribution in [1.82, 2.24) is 14.5 Å². The van der Waals surface area contributed by atoms with E-state index in [9.17, 15) is 0 Å². The molecule has 0 unspecified atom stereocenters. The van der Waals surface area contributed by atoms with Crippen molar-refractivity contribution < 1.29 is 25.6 Å². The van der Waals surface area contributed by atoms with E-state index >= 15 is 0 Å². The van der Waals surface area contributed by atoms with Gasteiger partial charge in [-0.1, -0.05) is 89.8 Å². The second-order valence-electron chi connectivity index (χ2n) is 14.7. The molecule has 0 aliphatic carbocycles. The zero-order chi connectivity index (χ0) is 40.8. The van der Waals surface area contributed by atoms with Gasteiger partial charge in [-0.15, -0.1) is 18.2 Å². The van der Waals surface area contributed by atoms with Gasteiger partial charge < -0.3 is 4.57 Å². The number of imidazole rings is 1. The van der Waals surface area contributed by atoms with E-state index in [4.69, 9.17) is 10.5 Å². The van der Waals surface area contributed by atoms with Crippen molar-refractivity contribution in [2.75, 3.05) is 0 Å². The maximum Gasteiger partial charge on any atom is 0.0774 e. The summed E-state index contributed by atoms with van der Waals surface area (Å²) in [6.07, 6.45) is 1.91. The van der Waals surface area contributed by atoms with Crippen molar-refractivity contribution >= 4 is 60.2 Å². The predicted octanol–water partition coefficient (Wildman–Crippen LogP) is 13.1. The Morgan fingerprint density at radius 3 is 2.31 bits per heavy atom. The molecule has 0 spiro atoms. The number of para-hydroxylation sites is 3. The Bertz CT molecular complexity index is 2910. The summed E-state index contributed by atoms with van der Waals surface area (Å²) in [5.41, 5.74) is 9.35. The summed E-state index contributed by atoms with van der Waals surface area (Å²) < 4.78 is 36.8. The number of thiophene rings is 1. The van der Waals surface area contributed by atoms with E-state index in [2.05, 4.69) is 148 Å². The largest absolute Gasteiger partial charge is 0.333 e. The minimum atomic E-state index is -2.14. The number of benzene rings is 6. The van der Waals surface area contributed by atoms with Crippen LogP contribution >= 0.6 is 11.3 Å². The quantitative estimate of drug-likeness (QED) is 0.123. The molecule has 275 valence electrons. The summed E-state index contributed by atoms with van der Waals surface area (Å²) >= 11 is -0.328. The third kappa shape index (κ3) is 7.77. The Kier molecular flexibility index (Phi) is 9.93. The van der Waals surface area contributed by atoms with E-state index in [-0.39, 0.29) is 25.7 Å². The van der Waals surface area contributed by atoms with E-state index in [0.717, 1.165) is 44.9 Å². The number of hydrogen-bond donors (Lipinski definition) is 0. The summed E-state index contributed by atoms with van der Waals surface area (Å²) in [4.78, 5) is 9.73. The Morgan fingerprint density at radius 2 is 1.55 bits per heavy atom. The molecular weight excluding hydrogens is 927 g/mol. The van der Waals surface area contributed by atoms with Crippen LogP contribution in [0, 0.1) is 19.0 Å². The Morgan fingerprint density at radius 1 is 0.800 bits per heavy atom. The molecule has 9 rings (SSSR count). The standard InChI is InChI=1S/C31H19N2S.C18H24GeN.Ir/c1-2-11-21(12-3-1)22-13-4-7-18-27(22)33-28-19-8-6-17-26(28)32-31(33)25-16-10-15-24-23-14-5-9-20-29(23)34-30(24)25;1-13(2)16-11-18(15-9-7-14(3)8-10-15)20-12-17(16)19(4,5)6;/h1-15,17-20H;7-9,11-13H,1-6H3;/q2*-1;/i;3D3,13D;. The van der Waals surface area contributed by atoms with Crippen molar-refractivity contribution in [1.29, 1.82) is 0 Å². The first-order chi connectivity index (χ1) is 27.7. The summed E-state index contributed by atoms with van der Waals surface area (Å²) in [5, 5.41) is 2.54. The zero-order valence-electron chi connectivity index (χ0n) is 35.4. The van der Waals surface area contributed by atoms with Gasteiger partial charge in [0.15, 0.2) is 0 Å². The zero-order valence-corrected chi connectivity index (χ0v) is 36.7. The molecule has 0 aliphatic heterocycles. The van der Waals surface area contributed by atoms with Gasteiger partial charge >= 0.3 is 131 Å². The van der Waals surface area contributed by atoms with Crippen LogP contribution in [0.3, 0.4) is 0 Å². The van der Waals surface area contributed by atoms with Crippen LogP contribution in [-0.2, 0) is 20.1 Å². The van der Waals surface area contributed by atoms with Gasteiger partial charge in [0, 0.05) is 36.1 Å². The Balaban J connectivity index is 0.000000188. The fraction of sp³-hybridized carbons (Fsp3) is 0.143. The first-order valence-electron chi connectivity index (χ1n) is 20.2. The van der Waals surface area contributed by atoms with Crippen LogP contribution in [-0.4, -0.2) is 27.8 Å². The second kappa shape index (κ2) is 16.2. The monoisotopic (exact) mass is 976 g/mol. The molecule has 0 fully saturated rings. The summed E-state index contributed by atoms with van der Waals surface area (Å²) in [5.74, 6) is 7.10. The van der Waals surface area contributed by atoms with Crippen molar-refractivity contribution in [2.45, 2.75) is 43.9 Å². The molecule has 3 nitrogen and oxygen atoms in total. The molecule has 0 atom stereocenters. The molecule has 6 heteroatoms. The van der Waals surface area contributed by atoms with E-state index in [1.807, 2.05) is 43.5 Å². The maximum absolute atomic E-state index is 8.49. The minimum Gasteiger partial charge on any atom is -0.333 e. The van der Waals surface area contributed by atoms with Crippen LogP contribution in [0.1, 0.15) is 36.4 Å². The molecule has 3 heterocycles. The smallest absolute Gasteiger partial charge is 0.0774 e. The van der Waals surface area contributed by atoms with E-state index in [1.54, 1.807) is 12.1 Å². The van der Waals surface area contributed by atoms with Gasteiger partial charge in [-0.2, -0.15) is 11.3 Å². The number of nitrogens with zero attached hydrogens (tertiary/aromatic N) is 3. The predicted molar refractivity (Wildman–Crippen MR) is 234 cm³/mol. The topological polar surface area (TPSA) is 30.7 Å². The van der Waals surface area contributed by atoms with Crippen molar-refractivity contribution in [3.05, 3.63) is 169 Å². The van der Waals surface area contributed by atoms with Gasteiger partial charge in [-0.05, 0) is 39.9 Å². The number of aryl methyl sites for hydroxylation is 1. The van der Waals surface area contributed by atoms with Gasteiger partial charge in [-0.3, -0.25) is 4.98 Å². The fourth-order valence-electron chi connectivity index (χ4n) is 7.02. The van der Waals surface area contributed by atoms with Crippen molar-refractivity contribution in [2.24, 2.45) is 0 Å². The molecule has 0 N–H and O–H groups in total. The van der Waals surface area contributed by atoms with Crippen LogP contribution in [0.4, 0.5) is 0 Å². The molecule has 3 aromatic heterocycles. The number of pyridine rings is 1. The Hall–Kier alpha value is -4.65. The molecule has 0 saturated heterocycles. The first kappa shape index (κ1) is 33.7. The molecule has 6 aromatic carbocycles. The molecule has 0 amide bonds. The SMILES string of the molecule is [2H]C([2H])([2H])c1c[c-]c(-c2cc(C([2H])(C)C)[c]([Ge]([CH3])([CH3])[CH3])cn2)cc1.[Ir].[c-]1ccc2c(sc3ccccc32)c1-c1nc2ccccc2n1-c1ccccc1-c1ccccc1. The van der Waals surface area contributed by atoms with Gasteiger partial charge in [0.05, 0.1) is 16.9 Å². The molecule has 0 aliphatic rings. The van der Waals surface area contributed by atoms with Crippen molar-refractivity contribution in [3.8, 4) is 39.5 Å². The molecule has 0 bridgehead atoms. The van der Waals surface area contributed by atoms with Crippen LogP contribution in [0.2, 0.25) is 17.3 Å². The molecule has 1 radical (unpaired) electrons. The van der Waals surface area contributed by atoms with Crippen LogP contribution in [0.25, 0.3) is 70.7 Å². The van der Waals surface area contributed by atoms with Gasteiger partial charge in [0.25, 0.3) is 0 Å². The minimum absolute atomic E-state index is 0. The van der Waals surface area contributed by atoms with E-state index in [1.165, 1.54) is 41.8 Å². The molecule has 0 saturated carbocycles. The number of hydrogen-bond acceptors (Lipinski definition) is 3. The van der Waals surface area contributed by atoms with Gasteiger partial charge in [0.2, 0.25) is 0 Å². The maximum atomic E-state index is 8.49. The van der Waals surface area contributed by atoms with Crippen molar-refractivity contribution in [3.63, 3.8) is 0 Å². The molecule has 55 heavy (non-hydrogen) atoms. The number of fused-ring (bicyclic) bond motifs is 4. The van der Waals surface area contributed by atoms with Gasteiger partial charge in [-0.25, -0.2) is 0 Å². The normalized spacial score (nSPS) is 13.0. The summed E-state index contributed by atoms with van der Waals surface area (Å²) in [6, 6.07) is 53.7. The van der Waals surface area contributed by atoms with Crippen LogP contribution < -0.4 is 4.40 Å². The molecular formula is C49H43GeIrN3S-2. The number of aromatic nitrogens is 3.